The van der Waals surface area contributed by atoms with Crippen molar-refractivity contribution in [3.05, 3.63) is 90.5 Å². The maximum absolute atomic E-state index is 13.4. The van der Waals surface area contributed by atoms with Crippen molar-refractivity contribution in [1.82, 2.24) is 14.9 Å². The largest absolute Gasteiger partial charge is 0.489 e. The molecule has 212 valence electrons. The number of likely N-dealkylation sites (N-methyl/N-ethyl adjacent to an activating group) is 1. The van der Waals surface area contributed by atoms with Crippen LogP contribution in [0.5, 0.6) is 11.5 Å². The van der Waals surface area contributed by atoms with Gasteiger partial charge in [0.15, 0.2) is 0 Å². The van der Waals surface area contributed by atoms with E-state index in [0.29, 0.717) is 53.7 Å². The molecule has 1 aliphatic rings. The number of nitrogens with zero attached hydrogens (tertiary/aromatic N) is 3. The van der Waals surface area contributed by atoms with Gasteiger partial charge in [-0.25, -0.2) is 14.4 Å². The Morgan fingerprint density at radius 1 is 1.15 bits per heavy atom. The minimum absolute atomic E-state index is 0.103. The Bertz CT molecular complexity index is 1520. The second kappa shape index (κ2) is 13.2. The molecular formula is C31H32FN5O4. The van der Waals surface area contributed by atoms with Crippen LogP contribution in [-0.2, 0) is 16.1 Å². The monoisotopic (exact) mass is 557 g/mol. The third-order valence-electron chi connectivity index (χ3n) is 6.33. The van der Waals surface area contributed by atoms with Crippen molar-refractivity contribution in [2.45, 2.75) is 19.1 Å². The summed E-state index contributed by atoms with van der Waals surface area (Å²) in [6.45, 7) is 2.03. The molecule has 0 unspecified atom stereocenters. The molecule has 1 atom stereocenters. The van der Waals surface area contributed by atoms with Crippen LogP contribution in [0.15, 0.2) is 79.1 Å². The van der Waals surface area contributed by atoms with Crippen LogP contribution in [0.25, 0.3) is 10.9 Å². The molecule has 1 fully saturated rings. The topological polar surface area (TPSA) is 97.8 Å². The molecule has 1 aliphatic heterocycles. The molecule has 1 aromatic heterocycles. The van der Waals surface area contributed by atoms with Crippen molar-refractivity contribution in [2.75, 3.05) is 44.5 Å². The van der Waals surface area contributed by atoms with Gasteiger partial charge in [-0.05, 0) is 62.1 Å². The SMILES string of the molecule is CN(C)C/C=C/C(=O)Nc1cc2c(Nc3ccc(OCc4cccc(F)c4)cc3)ncnc2cc1O[C@H]1CCOC1. The van der Waals surface area contributed by atoms with E-state index in [9.17, 15) is 9.18 Å². The number of hydrogen-bond acceptors (Lipinski definition) is 8. The number of nitrogens with one attached hydrogen (secondary N) is 2. The lowest BCUT2D eigenvalue weighted by Gasteiger charge is -2.17. The molecule has 0 spiro atoms. The van der Waals surface area contributed by atoms with Crippen LogP contribution < -0.4 is 20.1 Å². The Labute approximate surface area is 238 Å². The quantitative estimate of drug-likeness (QED) is 0.239. The Morgan fingerprint density at radius 2 is 2.00 bits per heavy atom. The van der Waals surface area contributed by atoms with E-state index >= 15 is 0 Å². The van der Waals surface area contributed by atoms with Gasteiger partial charge in [0, 0.05) is 36.2 Å². The lowest BCUT2D eigenvalue weighted by atomic mass is 10.1. The number of fused-ring (bicyclic) bond motifs is 1. The second-order valence-corrected chi connectivity index (χ2v) is 9.91. The Hall–Kier alpha value is -4.54. The minimum atomic E-state index is -0.294. The first-order chi connectivity index (χ1) is 19.9. The van der Waals surface area contributed by atoms with Crippen molar-refractivity contribution >= 4 is 34.0 Å². The lowest BCUT2D eigenvalue weighted by molar-refractivity contribution is -0.111. The molecule has 2 N–H and O–H groups in total. The number of carbonyl (C=O) groups is 1. The molecule has 9 nitrogen and oxygen atoms in total. The van der Waals surface area contributed by atoms with E-state index in [4.69, 9.17) is 14.2 Å². The van der Waals surface area contributed by atoms with Crippen molar-refractivity contribution in [3.8, 4) is 11.5 Å². The molecule has 2 heterocycles. The van der Waals surface area contributed by atoms with E-state index in [-0.39, 0.29) is 24.4 Å². The van der Waals surface area contributed by atoms with Gasteiger partial charge in [-0.3, -0.25) is 4.79 Å². The number of aromatic nitrogens is 2. The summed E-state index contributed by atoms with van der Waals surface area (Å²) in [6, 6.07) is 17.3. The number of benzene rings is 3. The molecule has 5 rings (SSSR count). The molecule has 0 aliphatic carbocycles. The standard InChI is InChI=1S/C31H32FN5O4/c1-37(2)13-4-7-30(38)36-28-16-26-27(17-29(28)41-25-12-14-39-19-25)33-20-34-31(26)35-23-8-10-24(11-9-23)40-18-21-5-3-6-22(32)15-21/h3-11,15-17,20,25H,12-14,18-19H2,1-2H3,(H,36,38)(H,33,34,35)/b7-4+/t25-/m0/s1. The first-order valence-electron chi connectivity index (χ1n) is 13.3. The van der Waals surface area contributed by atoms with Gasteiger partial charge in [-0.2, -0.15) is 0 Å². The van der Waals surface area contributed by atoms with Crippen molar-refractivity contribution in [3.63, 3.8) is 0 Å². The van der Waals surface area contributed by atoms with E-state index in [2.05, 4.69) is 20.6 Å². The van der Waals surface area contributed by atoms with Crippen LogP contribution in [0.3, 0.4) is 0 Å². The molecule has 1 saturated heterocycles. The van der Waals surface area contributed by atoms with Gasteiger partial charge in [-0.1, -0.05) is 18.2 Å². The first kappa shape index (κ1) is 28.0. The van der Waals surface area contributed by atoms with Gasteiger partial charge in [0.2, 0.25) is 5.91 Å². The highest BCUT2D eigenvalue weighted by Gasteiger charge is 2.20. The number of anilines is 3. The fourth-order valence-corrected chi connectivity index (χ4v) is 4.27. The molecule has 41 heavy (non-hydrogen) atoms. The van der Waals surface area contributed by atoms with Crippen molar-refractivity contribution < 1.29 is 23.4 Å². The summed E-state index contributed by atoms with van der Waals surface area (Å²) in [6.07, 6.45) is 5.45. The molecule has 0 bridgehead atoms. The average molecular weight is 558 g/mol. The van der Waals surface area contributed by atoms with Gasteiger partial charge < -0.3 is 29.7 Å². The molecule has 1 amide bonds. The third kappa shape index (κ3) is 7.77. The highest BCUT2D eigenvalue weighted by Crippen LogP contribution is 2.35. The molecule has 10 heteroatoms. The van der Waals surface area contributed by atoms with Crippen molar-refractivity contribution in [1.29, 1.82) is 0 Å². The first-order valence-corrected chi connectivity index (χ1v) is 13.3. The summed E-state index contributed by atoms with van der Waals surface area (Å²) < 4.78 is 30.9. The maximum Gasteiger partial charge on any atom is 0.248 e. The summed E-state index contributed by atoms with van der Waals surface area (Å²) in [7, 11) is 3.87. The fraction of sp³-hybridized carbons (Fsp3) is 0.258. The van der Waals surface area contributed by atoms with E-state index in [1.54, 1.807) is 12.1 Å². The van der Waals surface area contributed by atoms with Crippen LogP contribution >= 0.6 is 0 Å². The van der Waals surface area contributed by atoms with Crippen LogP contribution in [-0.4, -0.2) is 60.7 Å². The van der Waals surface area contributed by atoms with E-state index in [1.807, 2.05) is 61.5 Å². The van der Waals surface area contributed by atoms with Crippen LogP contribution in [0, 0.1) is 5.82 Å². The molecule has 4 aromatic rings. The van der Waals surface area contributed by atoms with E-state index in [1.165, 1.54) is 24.5 Å². The van der Waals surface area contributed by atoms with Gasteiger partial charge in [0.1, 0.15) is 42.2 Å². The maximum atomic E-state index is 13.4. The highest BCUT2D eigenvalue weighted by molar-refractivity contribution is 6.03. The third-order valence-corrected chi connectivity index (χ3v) is 6.33. The zero-order valence-electron chi connectivity index (χ0n) is 23.0. The van der Waals surface area contributed by atoms with Gasteiger partial charge in [0.25, 0.3) is 0 Å². The summed E-state index contributed by atoms with van der Waals surface area (Å²) in [5.41, 5.74) is 2.71. The zero-order valence-corrected chi connectivity index (χ0v) is 23.0. The van der Waals surface area contributed by atoms with Gasteiger partial charge in [0.05, 0.1) is 24.4 Å². The summed E-state index contributed by atoms with van der Waals surface area (Å²) >= 11 is 0. The van der Waals surface area contributed by atoms with E-state index < -0.39 is 0 Å². The second-order valence-electron chi connectivity index (χ2n) is 9.91. The van der Waals surface area contributed by atoms with Gasteiger partial charge >= 0.3 is 0 Å². The number of hydrogen-bond donors (Lipinski definition) is 2. The normalized spacial score (nSPS) is 15.0. The smallest absolute Gasteiger partial charge is 0.248 e. The number of ether oxygens (including phenoxy) is 3. The molecular weight excluding hydrogens is 525 g/mol. The average Bonchev–Trinajstić information content (AvgIpc) is 3.46. The molecule has 3 aromatic carbocycles. The van der Waals surface area contributed by atoms with Crippen LogP contribution in [0.2, 0.25) is 0 Å². The fourth-order valence-electron chi connectivity index (χ4n) is 4.27. The predicted molar refractivity (Wildman–Crippen MR) is 156 cm³/mol. The Balaban J connectivity index is 1.35. The van der Waals surface area contributed by atoms with Crippen LogP contribution in [0.4, 0.5) is 21.6 Å². The Kier molecular flexibility index (Phi) is 9.02. The molecule has 0 saturated carbocycles. The summed E-state index contributed by atoms with van der Waals surface area (Å²) in [4.78, 5) is 23.6. The summed E-state index contributed by atoms with van der Waals surface area (Å²) in [5, 5.41) is 6.98. The number of carbonyl (C=O) groups excluding carboxylic acids is 1. The molecule has 0 radical (unpaired) electrons. The lowest BCUT2D eigenvalue weighted by Crippen LogP contribution is -2.18. The Morgan fingerprint density at radius 3 is 2.76 bits per heavy atom. The highest BCUT2D eigenvalue weighted by atomic mass is 19.1. The summed E-state index contributed by atoms with van der Waals surface area (Å²) in [5.74, 6) is 1.18. The van der Waals surface area contributed by atoms with E-state index in [0.717, 1.165) is 17.7 Å². The minimum Gasteiger partial charge on any atom is -0.489 e. The van der Waals surface area contributed by atoms with Gasteiger partial charge in [-0.15, -0.1) is 0 Å². The number of rotatable bonds is 11. The predicted octanol–water partition coefficient (Wildman–Crippen LogP) is 5.32. The number of amides is 1. The number of halogens is 1. The zero-order chi connectivity index (χ0) is 28.6. The van der Waals surface area contributed by atoms with Crippen LogP contribution in [0.1, 0.15) is 12.0 Å². The van der Waals surface area contributed by atoms with Crippen molar-refractivity contribution in [2.24, 2.45) is 0 Å².